The first-order chi connectivity index (χ1) is 12.1. The number of aromatic amines is 1. The normalized spacial score (nSPS) is 17.8. The lowest BCUT2D eigenvalue weighted by molar-refractivity contribution is 0.0602. The Morgan fingerprint density at radius 2 is 2.00 bits per heavy atom. The summed E-state index contributed by atoms with van der Waals surface area (Å²) in [5.74, 6) is -1.20. The maximum absolute atomic E-state index is 14.1. The van der Waals surface area contributed by atoms with Crippen LogP contribution in [-0.2, 0) is 0 Å². The first-order valence-electron chi connectivity index (χ1n) is 8.50. The van der Waals surface area contributed by atoms with E-state index in [1.807, 2.05) is 24.3 Å². The van der Waals surface area contributed by atoms with Crippen molar-refractivity contribution in [3.05, 3.63) is 65.6 Å². The van der Waals surface area contributed by atoms with Crippen LogP contribution in [-0.4, -0.2) is 27.4 Å². The predicted molar refractivity (Wildman–Crippen MR) is 94.0 cm³/mol. The highest BCUT2D eigenvalue weighted by atomic mass is 19.1. The summed E-state index contributed by atoms with van der Waals surface area (Å²) in [5, 5.41) is 10.5. The lowest BCUT2D eigenvalue weighted by Gasteiger charge is -2.35. The van der Waals surface area contributed by atoms with Crippen LogP contribution in [0.4, 0.5) is 4.39 Å². The largest absolute Gasteiger partial charge is 0.508 e. The second kappa shape index (κ2) is 6.24. The molecule has 1 atom stereocenters. The third kappa shape index (κ3) is 2.86. The fourth-order valence-corrected chi connectivity index (χ4v) is 3.61. The number of amides is 1. The zero-order valence-corrected chi connectivity index (χ0v) is 13.7. The summed E-state index contributed by atoms with van der Waals surface area (Å²) in [6.45, 7) is 0.596. The van der Waals surface area contributed by atoms with Gasteiger partial charge < -0.3 is 15.0 Å². The molecule has 0 spiro atoms. The summed E-state index contributed by atoms with van der Waals surface area (Å²) < 4.78 is 14.1. The molecule has 0 aliphatic carbocycles. The Labute approximate surface area is 144 Å². The van der Waals surface area contributed by atoms with Crippen LogP contribution in [0.1, 0.15) is 41.4 Å². The first kappa shape index (κ1) is 15.7. The number of carbonyl (C=O) groups excluding carboxylic acids is 1. The molecule has 1 fully saturated rings. The van der Waals surface area contributed by atoms with Crippen molar-refractivity contribution in [2.45, 2.75) is 25.3 Å². The van der Waals surface area contributed by atoms with Crippen LogP contribution in [0.5, 0.6) is 5.75 Å². The number of halogens is 1. The summed E-state index contributed by atoms with van der Waals surface area (Å²) in [5.41, 5.74) is 2.01. The van der Waals surface area contributed by atoms with Crippen molar-refractivity contribution in [2.75, 3.05) is 6.54 Å². The molecule has 1 aromatic heterocycles. The number of phenols is 1. The molecular weight excluding hydrogens is 319 g/mol. The SMILES string of the molecule is O=C(c1ccc(O)cc1F)N1CCCCC1c1cc2ccccc2[nH]1. The molecule has 3 aromatic rings. The van der Waals surface area contributed by atoms with Crippen LogP contribution in [0.25, 0.3) is 10.9 Å². The highest BCUT2D eigenvalue weighted by Gasteiger charge is 2.31. The van der Waals surface area contributed by atoms with Gasteiger partial charge >= 0.3 is 0 Å². The van der Waals surface area contributed by atoms with Gasteiger partial charge in [-0.25, -0.2) is 4.39 Å². The zero-order valence-electron chi connectivity index (χ0n) is 13.7. The molecule has 4 nitrogen and oxygen atoms in total. The molecule has 2 N–H and O–H groups in total. The summed E-state index contributed by atoms with van der Waals surface area (Å²) >= 11 is 0. The minimum atomic E-state index is -0.689. The van der Waals surface area contributed by atoms with Gasteiger partial charge in [0, 0.05) is 23.8 Å². The molecule has 0 radical (unpaired) electrons. The molecule has 128 valence electrons. The summed E-state index contributed by atoms with van der Waals surface area (Å²) in [4.78, 5) is 18.1. The lowest BCUT2D eigenvalue weighted by atomic mass is 9.98. The van der Waals surface area contributed by atoms with Crippen molar-refractivity contribution in [2.24, 2.45) is 0 Å². The van der Waals surface area contributed by atoms with Gasteiger partial charge in [-0.1, -0.05) is 18.2 Å². The fourth-order valence-electron chi connectivity index (χ4n) is 3.61. The Morgan fingerprint density at radius 3 is 2.80 bits per heavy atom. The van der Waals surface area contributed by atoms with Crippen LogP contribution in [0.15, 0.2) is 48.5 Å². The van der Waals surface area contributed by atoms with E-state index in [9.17, 15) is 14.3 Å². The molecule has 1 unspecified atom stereocenters. The minimum Gasteiger partial charge on any atom is -0.508 e. The Balaban J connectivity index is 1.70. The number of phenolic OH excluding ortho intramolecular Hbond substituents is 1. The molecule has 5 heteroatoms. The van der Waals surface area contributed by atoms with Crippen molar-refractivity contribution in [1.82, 2.24) is 9.88 Å². The number of fused-ring (bicyclic) bond motifs is 1. The Kier molecular flexibility index (Phi) is 3.92. The monoisotopic (exact) mass is 338 g/mol. The van der Waals surface area contributed by atoms with E-state index >= 15 is 0 Å². The van der Waals surface area contributed by atoms with Gasteiger partial charge in [-0.05, 0) is 48.9 Å². The molecule has 0 saturated carbocycles. The van der Waals surface area contributed by atoms with Crippen molar-refractivity contribution >= 4 is 16.8 Å². The lowest BCUT2D eigenvalue weighted by Crippen LogP contribution is -2.39. The van der Waals surface area contributed by atoms with E-state index in [0.717, 1.165) is 41.9 Å². The number of para-hydroxylation sites is 1. The maximum Gasteiger partial charge on any atom is 0.257 e. The Bertz CT molecular complexity index is 901. The Morgan fingerprint density at radius 1 is 1.16 bits per heavy atom. The molecule has 25 heavy (non-hydrogen) atoms. The molecule has 2 aromatic carbocycles. The van der Waals surface area contributed by atoms with E-state index in [1.54, 1.807) is 4.90 Å². The molecule has 1 aliphatic heterocycles. The van der Waals surface area contributed by atoms with E-state index in [0.29, 0.717) is 6.54 Å². The predicted octanol–water partition coefficient (Wildman–Crippen LogP) is 4.38. The van der Waals surface area contributed by atoms with Crippen molar-refractivity contribution in [3.63, 3.8) is 0 Å². The van der Waals surface area contributed by atoms with E-state index < -0.39 is 5.82 Å². The van der Waals surface area contributed by atoms with Crippen LogP contribution in [0, 0.1) is 5.82 Å². The number of carbonyl (C=O) groups is 1. The van der Waals surface area contributed by atoms with Gasteiger partial charge in [0.25, 0.3) is 5.91 Å². The number of H-pyrrole nitrogens is 1. The van der Waals surface area contributed by atoms with Crippen molar-refractivity contribution in [3.8, 4) is 5.75 Å². The highest BCUT2D eigenvalue weighted by molar-refractivity contribution is 5.95. The molecule has 2 heterocycles. The highest BCUT2D eigenvalue weighted by Crippen LogP contribution is 2.33. The minimum absolute atomic E-state index is 0.000751. The summed E-state index contributed by atoms with van der Waals surface area (Å²) in [6, 6.07) is 13.6. The molecule has 4 rings (SSSR count). The van der Waals surface area contributed by atoms with Gasteiger partial charge in [0.1, 0.15) is 11.6 Å². The number of likely N-dealkylation sites (tertiary alicyclic amines) is 1. The van der Waals surface area contributed by atoms with Gasteiger partial charge in [0.05, 0.1) is 11.6 Å². The zero-order chi connectivity index (χ0) is 17.4. The number of hydrogen-bond donors (Lipinski definition) is 2. The van der Waals surface area contributed by atoms with E-state index in [1.165, 1.54) is 12.1 Å². The topological polar surface area (TPSA) is 56.3 Å². The first-order valence-corrected chi connectivity index (χ1v) is 8.50. The second-order valence-corrected chi connectivity index (χ2v) is 6.49. The molecular formula is C20H19FN2O2. The van der Waals surface area contributed by atoms with Crippen LogP contribution < -0.4 is 0 Å². The van der Waals surface area contributed by atoms with Gasteiger partial charge in [-0.3, -0.25) is 4.79 Å². The fraction of sp³-hybridized carbons (Fsp3) is 0.250. The third-order valence-electron chi connectivity index (χ3n) is 4.86. The number of hydrogen-bond acceptors (Lipinski definition) is 2. The quantitative estimate of drug-likeness (QED) is 0.728. The average molecular weight is 338 g/mol. The van der Waals surface area contributed by atoms with Gasteiger partial charge in [-0.15, -0.1) is 0 Å². The molecule has 1 aliphatic rings. The summed E-state index contributed by atoms with van der Waals surface area (Å²) in [6.07, 6.45) is 2.78. The van der Waals surface area contributed by atoms with Crippen LogP contribution in [0.2, 0.25) is 0 Å². The number of piperidine rings is 1. The van der Waals surface area contributed by atoms with Crippen LogP contribution in [0.3, 0.4) is 0 Å². The molecule has 1 amide bonds. The van der Waals surface area contributed by atoms with E-state index in [4.69, 9.17) is 0 Å². The van der Waals surface area contributed by atoms with Gasteiger partial charge in [0.2, 0.25) is 0 Å². The van der Waals surface area contributed by atoms with Crippen LogP contribution >= 0.6 is 0 Å². The maximum atomic E-state index is 14.1. The Hall–Kier alpha value is -2.82. The number of aromatic hydroxyl groups is 1. The molecule has 0 bridgehead atoms. The number of nitrogens with one attached hydrogen (secondary N) is 1. The molecule has 1 saturated heterocycles. The van der Waals surface area contributed by atoms with Gasteiger partial charge in [0.15, 0.2) is 0 Å². The second-order valence-electron chi connectivity index (χ2n) is 6.49. The third-order valence-corrected chi connectivity index (χ3v) is 4.86. The van der Waals surface area contributed by atoms with Crippen molar-refractivity contribution in [1.29, 1.82) is 0 Å². The smallest absolute Gasteiger partial charge is 0.257 e. The number of rotatable bonds is 2. The number of nitrogens with zero attached hydrogens (tertiary/aromatic N) is 1. The standard InChI is InChI=1S/C20H19FN2O2/c21-16-12-14(24)8-9-15(16)20(25)23-10-4-3-7-19(23)18-11-13-5-1-2-6-17(13)22-18/h1-2,5-6,8-9,11-12,19,22,24H,3-4,7,10H2. The summed E-state index contributed by atoms with van der Waals surface area (Å²) in [7, 11) is 0. The number of aromatic nitrogens is 1. The number of benzene rings is 2. The van der Waals surface area contributed by atoms with E-state index in [-0.39, 0.29) is 23.3 Å². The van der Waals surface area contributed by atoms with Gasteiger partial charge in [-0.2, -0.15) is 0 Å². The van der Waals surface area contributed by atoms with Crippen molar-refractivity contribution < 1.29 is 14.3 Å². The van der Waals surface area contributed by atoms with E-state index in [2.05, 4.69) is 11.1 Å². The average Bonchev–Trinajstić information content (AvgIpc) is 3.05.